The molecule has 6 nitrogen and oxygen atoms in total. The molecule has 0 unspecified atom stereocenters. The zero-order valence-corrected chi connectivity index (χ0v) is 13.3. The normalized spacial score (nSPS) is 15.0. The molecule has 0 atom stereocenters. The number of aryl methyl sites for hydroxylation is 1. The molecule has 6 heteroatoms. The van der Waals surface area contributed by atoms with Crippen molar-refractivity contribution in [3.8, 4) is 0 Å². The number of benzene rings is 1. The molecule has 1 aliphatic heterocycles. The van der Waals surface area contributed by atoms with E-state index in [2.05, 4.69) is 5.32 Å². The van der Waals surface area contributed by atoms with Gasteiger partial charge in [-0.25, -0.2) is 0 Å². The number of amides is 2. The molecule has 0 aliphatic carbocycles. The molecule has 0 aromatic heterocycles. The minimum absolute atomic E-state index is 0.0242. The van der Waals surface area contributed by atoms with Crippen LogP contribution in [-0.2, 0) is 19.1 Å². The van der Waals surface area contributed by atoms with Crippen LogP contribution in [0.1, 0.15) is 31.2 Å². The first-order chi connectivity index (χ1) is 11.1. The Hall–Kier alpha value is -2.37. The number of likely N-dealkylation sites (tertiary alicyclic amines) is 1. The van der Waals surface area contributed by atoms with Crippen LogP contribution in [-0.4, -0.2) is 42.4 Å². The fraction of sp³-hybridized carbons (Fsp3) is 0.471. The zero-order chi connectivity index (χ0) is 16.7. The highest BCUT2D eigenvalue weighted by molar-refractivity contribution is 5.93. The molecule has 2 rings (SSSR count). The third-order valence-corrected chi connectivity index (χ3v) is 3.77. The lowest BCUT2D eigenvalue weighted by atomic mass is 10.2. The number of hydrogen-bond donors (Lipinski definition) is 1. The van der Waals surface area contributed by atoms with Crippen LogP contribution >= 0.6 is 0 Å². The lowest BCUT2D eigenvalue weighted by molar-refractivity contribution is -0.151. The van der Waals surface area contributed by atoms with Crippen LogP contribution in [0.25, 0.3) is 0 Å². The second-order valence-electron chi connectivity index (χ2n) is 5.65. The summed E-state index contributed by atoms with van der Waals surface area (Å²) < 4.78 is 4.96. The SMILES string of the molecule is Cc1ccccc1NC(=O)COC(=O)CN1CCCCCC1=O. The molecule has 0 saturated carbocycles. The van der Waals surface area contributed by atoms with Crippen molar-refractivity contribution in [3.63, 3.8) is 0 Å². The Kier molecular flexibility index (Phi) is 6.14. The van der Waals surface area contributed by atoms with E-state index in [0.717, 1.165) is 24.8 Å². The van der Waals surface area contributed by atoms with Gasteiger partial charge in [-0.3, -0.25) is 14.4 Å². The van der Waals surface area contributed by atoms with Crippen LogP contribution < -0.4 is 5.32 Å². The van der Waals surface area contributed by atoms with Crippen molar-refractivity contribution in [1.82, 2.24) is 4.90 Å². The van der Waals surface area contributed by atoms with E-state index in [1.54, 1.807) is 6.07 Å². The van der Waals surface area contributed by atoms with Gasteiger partial charge < -0.3 is 15.0 Å². The van der Waals surface area contributed by atoms with Gasteiger partial charge in [0.1, 0.15) is 6.54 Å². The van der Waals surface area contributed by atoms with Gasteiger partial charge in [0.15, 0.2) is 6.61 Å². The van der Waals surface area contributed by atoms with Gasteiger partial charge in [0, 0.05) is 18.7 Å². The lowest BCUT2D eigenvalue weighted by Crippen LogP contribution is -2.36. The summed E-state index contributed by atoms with van der Waals surface area (Å²) in [6, 6.07) is 7.36. The monoisotopic (exact) mass is 318 g/mol. The molecule has 0 radical (unpaired) electrons. The van der Waals surface area contributed by atoms with Gasteiger partial charge >= 0.3 is 5.97 Å². The summed E-state index contributed by atoms with van der Waals surface area (Å²) >= 11 is 0. The van der Waals surface area contributed by atoms with Crippen molar-refractivity contribution >= 4 is 23.5 Å². The Bertz CT molecular complexity index is 586. The molecule has 1 N–H and O–H groups in total. The molecule has 23 heavy (non-hydrogen) atoms. The second-order valence-corrected chi connectivity index (χ2v) is 5.65. The molecule has 1 saturated heterocycles. The van der Waals surface area contributed by atoms with Crippen molar-refractivity contribution in [2.75, 3.05) is 25.0 Å². The number of nitrogens with zero attached hydrogens (tertiary/aromatic N) is 1. The highest BCUT2D eigenvalue weighted by Gasteiger charge is 2.20. The van der Waals surface area contributed by atoms with Crippen molar-refractivity contribution in [3.05, 3.63) is 29.8 Å². The molecule has 0 bridgehead atoms. The highest BCUT2D eigenvalue weighted by Crippen LogP contribution is 2.13. The number of carbonyl (C=O) groups excluding carboxylic acids is 3. The second kappa shape index (κ2) is 8.31. The molecular weight excluding hydrogens is 296 g/mol. The largest absolute Gasteiger partial charge is 0.454 e. The van der Waals surface area contributed by atoms with E-state index in [4.69, 9.17) is 4.74 Å². The van der Waals surface area contributed by atoms with Crippen LogP contribution in [0.15, 0.2) is 24.3 Å². The Balaban J connectivity index is 1.76. The van der Waals surface area contributed by atoms with Crippen LogP contribution in [0, 0.1) is 6.92 Å². The molecule has 2 amide bonds. The fourth-order valence-electron chi connectivity index (χ4n) is 2.45. The summed E-state index contributed by atoms with van der Waals surface area (Å²) in [6.45, 7) is 2.02. The number of ether oxygens (including phenoxy) is 1. The first-order valence-corrected chi connectivity index (χ1v) is 7.85. The highest BCUT2D eigenvalue weighted by atomic mass is 16.5. The van der Waals surface area contributed by atoms with Crippen molar-refractivity contribution < 1.29 is 19.1 Å². The Labute approximate surface area is 135 Å². The molecule has 0 spiro atoms. The Morgan fingerprint density at radius 1 is 1.22 bits per heavy atom. The van der Waals surface area contributed by atoms with E-state index >= 15 is 0 Å². The number of hydrogen-bond acceptors (Lipinski definition) is 4. The average Bonchev–Trinajstić information content (AvgIpc) is 2.73. The minimum atomic E-state index is -0.555. The zero-order valence-electron chi connectivity index (χ0n) is 13.3. The predicted octanol–water partition coefficient (Wildman–Crippen LogP) is 1.88. The summed E-state index contributed by atoms with van der Waals surface area (Å²) in [6.07, 6.45) is 3.23. The van der Waals surface area contributed by atoms with E-state index in [-0.39, 0.29) is 19.1 Å². The number of nitrogens with one attached hydrogen (secondary N) is 1. The van der Waals surface area contributed by atoms with Crippen LogP contribution in [0.4, 0.5) is 5.69 Å². The summed E-state index contributed by atoms with van der Waals surface area (Å²) in [5, 5.41) is 2.69. The van der Waals surface area contributed by atoms with Gasteiger partial charge in [-0.1, -0.05) is 24.6 Å². The maximum atomic E-state index is 11.8. The van der Waals surface area contributed by atoms with E-state index in [0.29, 0.717) is 18.7 Å². The first-order valence-electron chi connectivity index (χ1n) is 7.85. The maximum Gasteiger partial charge on any atom is 0.326 e. The quantitative estimate of drug-likeness (QED) is 0.841. The van der Waals surface area contributed by atoms with Gasteiger partial charge in [0.05, 0.1) is 0 Å². The molecule has 1 fully saturated rings. The standard InChI is InChI=1S/C17H22N2O4/c1-13-7-4-5-8-14(13)18-15(20)12-23-17(22)11-19-10-6-2-3-9-16(19)21/h4-5,7-8H,2-3,6,9-12H2,1H3,(H,18,20). The van der Waals surface area contributed by atoms with Crippen molar-refractivity contribution in [2.24, 2.45) is 0 Å². The van der Waals surface area contributed by atoms with Crippen molar-refractivity contribution in [2.45, 2.75) is 32.6 Å². The van der Waals surface area contributed by atoms with E-state index in [1.165, 1.54) is 4.90 Å². The maximum absolute atomic E-state index is 11.8. The molecular formula is C17H22N2O4. The minimum Gasteiger partial charge on any atom is -0.454 e. The predicted molar refractivity (Wildman–Crippen MR) is 85.8 cm³/mol. The van der Waals surface area contributed by atoms with Gasteiger partial charge in [-0.05, 0) is 31.4 Å². The van der Waals surface area contributed by atoms with E-state index < -0.39 is 11.9 Å². The number of para-hydroxylation sites is 1. The lowest BCUT2D eigenvalue weighted by Gasteiger charge is -2.19. The van der Waals surface area contributed by atoms with E-state index in [9.17, 15) is 14.4 Å². The first kappa shape index (κ1) is 17.0. The average molecular weight is 318 g/mol. The summed E-state index contributed by atoms with van der Waals surface area (Å²) in [4.78, 5) is 36.9. The molecule has 124 valence electrons. The fourth-order valence-corrected chi connectivity index (χ4v) is 2.45. The number of anilines is 1. The van der Waals surface area contributed by atoms with Gasteiger partial charge in [-0.2, -0.15) is 0 Å². The summed E-state index contributed by atoms with van der Waals surface area (Å²) in [5.41, 5.74) is 1.62. The molecule has 1 heterocycles. The summed E-state index contributed by atoms with van der Waals surface area (Å²) in [5.74, 6) is -0.973. The van der Waals surface area contributed by atoms with Crippen LogP contribution in [0.3, 0.4) is 0 Å². The number of esters is 1. The van der Waals surface area contributed by atoms with Gasteiger partial charge in [-0.15, -0.1) is 0 Å². The van der Waals surface area contributed by atoms with Crippen LogP contribution in [0.5, 0.6) is 0 Å². The van der Waals surface area contributed by atoms with E-state index in [1.807, 2.05) is 25.1 Å². The van der Waals surface area contributed by atoms with Crippen molar-refractivity contribution in [1.29, 1.82) is 0 Å². The third kappa shape index (κ3) is 5.39. The number of rotatable bonds is 5. The third-order valence-electron chi connectivity index (χ3n) is 3.77. The van der Waals surface area contributed by atoms with Gasteiger partial charge in [0.25, 0.3) is 5.91 Å². The topological polar surface area (TPSA) is 75.7 Å². The molecule has 1 aliphatic rings. The van der Waals surface area contributed by atoms with Crippen LogP contribution in [0.2, 0.25) is 0 Å². The van der Waals surface area contributed by atoms with Gasteiger partial charge in [0.2, 0.25) is 5.91 Å². The smallest absolute Gasteiger partial charge is 0.326 e. The Morgan fingerprint density at radius 3 is 2.78 bits per heavy atom. The molecule has 1 aromatic carbocycles. The number of carbonyl (C=O) groups is 3. The molecule has 1 aromatic rings. The Morgan fingerprint density at radius 2 is 2.00 bits per heavy atom. The summed E-state index contributed by atoms with van der Waals surface area (Å²) in [7, 11) is 0.